The molecule has 30 heavy (non-hydrogen) atoms. The second kappa shape index (κ2) is 9.06. The molecule has 1 amide bonds. The van der Waals surface area contributed by atoms with E-state index in [1.54, 1.807) is 11.3 Å². The molecule has 4 heterocycles. The summed E-state index contributed by atoms with van der Waals surface area (Å²) in [6, 6.07) is 2.37. The van der Waals surface area contributed by atoms with Crippen LogP contribution in [0.5, 0.6) is 0 Å². The Hall–Kier alpha value is -1.93. The lowest BCUT2D eigenvalue weighted by Gasteiger charge is -2.35. The molecule has 0 bridgehead atoms. The number of rotatable bonds is 7. The van der Waals surface area contributed by atoms with E-state index in [4.69, 9.17) is 0 Å². The summed E-state index contributed by atoms with van der Waals surface area (Å²) in [6.45, 7) is 9.27. The van der Waals surface area contributed by atoms with Crippen LogP contribution in [0.2, 0.25) is 0 Å². The number of hydrogen-bond acceptors (Lipinski definition) is 6. The van der Waals surface area contributed by atoms with Crippen LogP contribution in [-0.2, 0) is 17.6 Å². The maximum atomic E-state index is 13.0. The highest BCUT2D eigenvalue weighted by Crippen LogP contribution is 2.35. The molecule has 1 unspecified atom stereocenters. The second-order valence-electron chi connectivity index (χ2n) is 7.82. The van der Waals surface area contributed by atoms with Crippen LogP contribution in [0.15, 0.2) is 16.6 Å². The smallest absolute Gasteiger partial charge is 0.253 e. The highest BCUT2D eigenvalue weighted by atomic mass is 32.2. The number of nitrogens with zero attached hydrogens (tertiary/aromatic N) is 5. The third kappa shape index (κ3) is 3.99. The van der Waals surface area contributed by atoms with Crippen molar-refractivity contribution in [2.75, 3.05) is 12.3 Å². The number of carbonyl (C=O) groups is 1. The topological polar surface area (TPSA) is 63.4 Å². The normalized spacial score (nSPS) is 16.3. The fourth-order valence-corrected chi connectivity index (χ4v) is 5.94. The molecule has 0 fully saturated rings. The minimum Gasteiger partial charge on any atom is -0.335 e. The second-order valence-corrected chi connectivity index (χ2v) is 9.76. The molecule has 1 atom stereocenters. The van der Waals surface area contributed by atoms with Crippen LogP contribution in [0.1, 0.15) is 66.5 Å². The minimum atomic E-state index is 0.159. The van der Waals surface area contributed by atoms with E-state index in [0.717, 1.165) is 50.0 Å². The molecule has 4 rings (SSSR count). The Bertz CT molecular complexity index is 1060. The van der Waals surface area contributed by atoms with Gasteiger partial charge in [-0.3, -0.25) is 4.79 Å². The van der Waals surface area contributed by atoms with Crippen LogP contribution in [0, 0.1) is 13.8 Å². The molecule has 0 spiro atoms. The van der Waals surface area contributed by atoms with Crippen molar-refractivity contribution in [2.45, 2.75) is 71.0 Å². The SMILES string of the molecule is CCCCc1c(C)nc2nc(SCC(=O)N3CCc4sccc4C3CC)nn2c1C. The van der Waals surface area contributed by atoms with Crippen molar-refractivity contribution in [2.24, 2.45) is 0 Å². The number of fused-ring (bicyclic) bond motifs is 2. The van der Waals surface area contributed by atoms with E-state index >= 15 is 0 Å². The molecule has 0 saturated heterocycles. The van der Waals surface area contributed by atoms with Gasteiger partial charge in [0.1, 0.15) is 0 Å². The summed E-state index contributed by atoms with van der Waals surface area (Å²) in [5.74, 6) is 1.13. The van der Waals surface area contributed by atoms with Crippen molar-refractivity contribution in [3.63, 3.8) is 0 Å². The van der Waals surface area contributed by atoms with Crippen molar-refractivity contribution in [3.05, 3.63) is 38.8 Å². The number of carbonyl (C=O) groups excluding carboxylic acids is 1. The van der Waals surface area contributed by atoms with E-state index in [1.165, 1.54) is 27.8 Å². The molecule has 3 aromatic heterocycles. The number of thiophene rings is 1. The van der Waals surface area contributed by atoms with Gasteiger partial charge >= 0.3 is 0 Å². The predicted octanol–water partition coefficient (Wildman–Crippen LogP) is 4.77. The Kier molecular flexibility index (Phi) is 6.43. The molecule has 1 aliphatic heterocycles. The van der Waals surface area contributed by atoms with Gasteiger partial charge in [-0.2, -0.15) is 4.98 Å². The summed E-state index contributed by atoms with van der Waals surface area (Å²) in [7, 11) is 0. The number of aryl methyl sites for hydroxylation is 2. The Balaban J connectivity index is 1.48. The Morgan fingerprint density at radius 2 is 2.13 bits per heavy atom. The van der Waals surface area contributed by atoms with Gasteiger partial charge in [-0.15, -0.1) is 16.4 Å². The van der Waals surface area contributed by atoms with Gasteiger partial charge in [0, 0.05) is 22.8 Å². The zero-order valence-electron chi connectivity index (χ0n) is 18.1. The summed E-state index contributed by atoms with van der Waals surface area (Å²) < 4.78 is 1.83. The van der Waals surface area contributed by atoms with Crippen LogP contribution in [0.4, 0.5) is 0 Å². The molecule has 0 aromatic carbocycles. The average molecular weight is 444 g/mol. The fourth-order valence-electron chi connectivity index (χ4n) is 4.31. The zero-order valence-corrected chi connectivity index (χ0v) is 19.8. The van der Waals surface area contributed by atoms with Crippen molar-refractivity contribution in [3.8, 4) is 0 Å². The highest BCUT2D eigenvalue weighted by Gasteiger charge is 2.30. The van der Waals surface area contributed by atoms with Gasteiger partial charge in [0.05, 0.1) is 11.8 Å². The Labute approximate surface area is 186 Å². The summed E-state index contributed by atoms with van der Waals surface area (Å²) in [5, 5.41) is 7.40. The maximum Gasteiger partial charge on any atom is 0.253 e. The van der Waals surface area contributed by atoms with Crippen molar-refractivity contribution in [1.82, 2.24) is 24.5 Å². The first-order valence-corrected chi connectivity index (χ1v) is 12.6. The minimum absolute atomic E-state index is 0.159. The highest BCUT2D eigenvalue weighted by molar-refractivity contribution is 7.99. The fraction of sp³-hybridized carbons (Fsp3) is 0.545. The Morgan fingerprint density at radius 3 is 2.90 bits per heavy atom. The molecule has 0 radical (unpaired) electrons. The van der Waals surface area contributed by atoms with E-state index < -0.39 is 0 Å². The van der Waals surface area contributed by atoms with Crippen LogP contribution >= 0.6 is 23.1 Å². The third-order valence-electron chi connectivity index (χ3n) is 5.94. The van der Waals surface area contributed by atoms with Crippen LogP contribution < -0.4 is 0 Å². The predicted molar refractivity (Wildman–Crippen MR) is 122 cm³/mol. The number of amides is 1. The van der Waals surface area contributed by atoms with Crippen LogP contribution in [0.25, 0.3) is 5.78 Å². The summed E-state index contributed by atoms with van der Waals surface area (Å²) in [5.41, 5.74) is 4.71. The van der Waals surface area contributed by atoms with Gasteiger partial charge in [0.25, 0.3) is 5.78 Å². The molecule has 0 saturated carbocycles. The van der Waals surface area contributed by atoms with Crippen molar-refractivity contribution >= 4 is 34.8 Å². The van der Waals surface area contributed by atoms with E-state index in [1.807, 2.05) is 16.3 Å². The molecule has 160 valence electrons. The van der Waals surface area contributed by atoms with E-state index in [-0.39, 0.29) is 11.9 Å². The molecule has 3 aromatic rings. The molecule has 8 heteroatoms. The largest absolute Gasteiger partial charge is 0.335 e. The first-order valence-electron chi connectivity index (χ1n) is 10.7. The quantitative estimate of drug-likeness (QED) is 0.492. The zero-order chi connectivity index (χ0) is 21.3. The van der Waals surface area contributed by atoms with Crippen LogP contribution in [-0.4, -0.2) is 42.7 Å². The molecule has 6 nitrogen and oxygen atoms in total. The lowest BCUT2D eigenvalue weighted by Crippen LogP contribution is -2.40. The van der Waals surface area contributed by atoms with E-state index in [9.17, 15) is 4.79 Å². The molecule has 1 aliphatic rings. The molecular weight excluding hydrogens is 414 g/mol. The number of unbranched alkanes of at least 4 members (excludes halogenated alkanes) is 1. The van der Waals surface area contributed by atoms with Crippen LogP contribution in [0.3, 0.4) is 0 Å². The number of thioether (sulfide) groups is 1. The van der Waals surface area contributed by atoms with Crippen molar-refractivity contribution in [1.29, 1.82) is 0 Å². The first-order chi connectivity index (χ1) is 14.5. The van der Waals surface area contributed by atoms with E-state index in [2.05, 4.69) is 47.3 Å². The van der Waals surface area contributed by atoms with E-state index in [0.29, 0.717) is 16.7 Å². The van der Waals surface area contributed by atoms with Gasteiger partial charge in [-0.25, -0.2) is 9.50 Å². The first kappa shape index (κ1) is 21.3. The summed E-state index contributed by atoms with van der Waals surface area (Å²) in [6.07, 6.45) is 5.20. The molecule has 0 aliphatic carbocycles. The van der Waals surface area contributed by atoms with Crippen molar-refractivity contribution < 1.29 is 4.79 Å². The third-order valence-corrected chi connectivity index (χ3v) is 7.76. The lowest BCUT2D eigenvalue weighted by molar-refractivity contribution is -0.131. The van der Waals surface area contributed by atoms with Gasteiger partial charge in [0.15, 0.2) is 0 Å². The maximum absolute atomic E-state index is 13.0. The molecule has 0 N–H and O–H groups in total. The number of aromatic nitrogens is 4. The lowest BCUT2D eigenvalue weighted by atomic mass is 9.98. The average Bonchev–Trinajstić information content (AvgIpc) is 3.37. The number of hydrogen-bond donors (Lipinski definition) is 0. The monoisotopic (exact) mass is 443 g/mol. The van der Waals surface area contributed by atoms with Gasteiger partial charge < -0.3 is 4.90 Å². The van der Waals surface area contributed by atoms with Gasteiger partial charge in [0.2, 0.25) is 11.1 Å². The summed E-state index contributed by atoms with van der Waals surface area (Å²) in [4.78, 5) is 25.7. The standard InChI is InChI=1S/C22H29N5OS2/c1-5-7-8-16-14(3)23-21-24-22(25-27(21)15(16)4)30-13-20(28)26-11-9-19-17(10-12-29-19)18(26)6-2/h10,12,18H,5-9,11,13H2,1-4H3. The van der Waals surface area contributed by atoms with Gasteiger partial charge in [-0.1, -0.05) is 32.0 Å². The van der Waals surface area contributed by atoms with Gasteiger partial charge in [-0.05, 0) is 62.1 Å². The summed E-state index contributed by atoms with van der Waals surface area (Å²) >= 11 is 3.22. The molecular formula is C22H29N5OS2. The Morgan fingerprint density at radius 1 is 1.30 bits per heavy atom.